The van der Waals surface area contributed by atoms with E-state index in [0.29, 0.717) is 13.2 Å². The third-order valence-corrected chi connectivity index (χ3v) is 4.22. The first-order valence-electron chi connectivity index (χ1n) is 6.67. The molecule has 0 radical (unpaired) electrons. The van der Waals surface area contributed by atoms with Crippen LogP contribution in [0.2, 0.25) is 0 Å². The maximum Gasteiger partial charge on any atom is 0.415 e. The van der Waals surface area contributed by atoms with E-state index in [9.17, 15) is 4.57 Å². The van der Waals surface area contributed by atoms with Crippen LogP contribution in [0, 0.1) is 0 Å². The SMILES string of the molecule is CCOc1cccc([P+](=O)c2cccc(OCC)c2)c1. The van der Waals surface area contributed by atoms with E-state index >= 15 is 0 Å². The topological polar surface area (TPSA) is 35.5 Å². The van der Waals surface area contributed by atoms with Crippen LogP contribution in [0.1, 0.15) is 13.8 Å². The molecule has 0 heterocycles. The van der Waals surface area contributed by atoms with E-state index < -0.39 is 7.80 Å². The van der Waals surface area contributed by atoms with Gasteiger partial charge in [-0.3, -0.25) is 0 Å². The second-order valence-electron chi connectivity index (χ2n) is 4.16. The van der Waals surface area contributed by atoms with Crippen molar-refractivity contribution in [2.75, 3.05) is 13.2 Å². The van der Waals surface area contributed by atoms with Gasteiger partial charge in [0.25, 0.3) is 0 Å². The number of benzene rings is 2. The summed E-state index contributed by atoms with van der Waals surface area (Å²) in [7, 11) is -1.63. The van der Waals surface area contributed by atoms with Crippen LogP contribution in [0.3, 0.4) is 0 Å². The minimum absolute atomic E-state index is 0.597. The highest BCUT2D eigenvalue weighted by Gasteiger charge is 2.24. The van der Waals surface area contributed by atoms with Gasteiger partial charge in [-0.25, -0.2) is 0 Å². The average molecular weight is 289 g/mol. The molecule has 0 spiro atoms. The fourth-order valence-corrected chi connectivity index (χ4v) is 3.11. The Hall–Kier alpha value is -1.86. The molecule has 0 saturated heterocycles. The van der Waals surface area contributed by atoms with Gasteiger partial charge in [0.2, 0.25) is 0 Å². The predicted molar refractivity (Wildman–Crippen MR) is 82.1 cm³/mol. The molecule has 0 aliphatic heterocycles. The van der Waals surface area contributed by atoms with E-state index in [-0.39, 0.29) is 0 Å². The van der Waals surface area contributed by atoms with Crippen molar-refractivity contribution in [3.05, 3.63) is 48.5 Å². The maximum atomic E-state index is 12.6. The van der Waals surface area contributed by atoms with Crippen LogP contribution in [0.25, 0.3) is 0 Å². The van der Waals surface area contributed by atoms with Gasteiger partial charge in [0.05, 0.1) is 13.2 Å². The number of hydrogen-bond donors (Lipinski definition) is 0. The molecule has 0 aliphatic carbocycles. The Kier molecular flexibility index (Phi) is 5.14. The highest BCUT2D eigenvalue weighted by molar-refractivity contribution is 7.61. The minimum Gasteiger partial charge on any atom is -0.494 e. The van der Waals surface area contributed by atoms with Crippen molar-refractivity contribution in [3.8, 4) is 11.5 Å². The molecule has 0 saturated carbocycles. The monoisotopic (exact) mass is 289 g/mol. The molecule has 2 rings (SSSR count). The van der Waals surface area contributed by atoms with Crippen molar-refractivity contribution >= 4 is 18.4 Å². The third-order valence-electron chi connectivity index (χ3n) is 2.73. The van der Waals surface area contributed by atoms with Gasteiger partial charge in [-0.15, -0.1) is 0 Å². The van der Waals surface area contributed by atoms with Gasteiger partial charge in [-0.1, -0.05) is 16.7 Å². The summed E-state index contributed by atoms with van der Waals surface area (Å²) in [6.45, 7) is 5.05. The van der Waals surface area contributed by atoms with E-state index in [1.54, 1.807) is 0 Å². The molecule has 0 fully saturated rings. The van der Waals surface area contributed by atoms with Crippen molar-refractivity contribution in [1.82, 2.24) is 0 Å². The van der Waals surface area contributed by atoms with Gasteiger partial charge in [-0.2, -0.15) is 0 Å². The Bertz CT molecular complexity index is 544. The smallest absolute Gasteiger partial charge is 0.415 e. The summed E-state index contributed by atoms with van der Waals surface area (Å²) in [5.41, 5.74) is 0. The van der Waals surface area contributed by atoms with Crippen molar-refractivity contribution < 1.29 is 14.0 Å². The first kappa shape index (κ1) is 14.5. The first-order valence-corrected chi connectivity index (χ1v) is 7.93. The zero-order valence-corrected chi connectivity index (χ0v) is 12.6. The molecule has 0 bridgehead atoms. The molecule has 0 amide bonds. The summed E-state index contributed by atoms with van der Waals surface area (Å²) < 4.78 is 23.5. The zero-order valence-electron chi connectivity index (χ0n) is 11.7. The van der Waals surface area contributed by atoms with E-state index in [2.05, 4.69) is 0 Å². The van der Waals surface area contributed by atoms with Crippen molar-refractivity contribution in [2.24, 2.45) is 0 Å². The fourth-order valence-electron chi connectivity index (χ4n) is 1.88. The summed E-state index contributed by atoms with van der Waals surface area (Å²) in [5.74, 6) is 1.49. The van der Waals surface area contributed by atoms with Crippen LogP contribution in [-0.4, -0.2) is 13.2 Å². The second-order valence-corrected chi connectivity index (χ2v) is 5.78. The highest BCUT2D eigenvalue weighted by atomic mass is 31.1. The van der Waals surface area contributed by atoms with Crippen LogP contribution < -0.4 is 20.1 Å². The molecule has 3 nitrogen and oxygen atoms in total. The molecule has 0 atom stereocenters. The van der Waals surface area contributed by atoms with E-state index in [0.717, 1.165) is 22.1 Å². The minimum atomic E-state index is -1.63. The van der Waals surface area contributed by atoms with Gasteiger partial charge < -0.3 is 9.47 Å². The van der Waals surface area contributed by atoms with Crippen LogP contribution >= 0.6 is 7.80 Å². The number of hydrogen-bond acceptors (Lipinski definition) is 3. The Balaban J connectivity index is 2.26. The van der Waals surface area contributed by atoms with Gasteiger partial charge in [0.15, 0.2) is 10.6 Å². The first-order chi connectivity index (χ1) is 9.74. The lowest BCUT2D eigenvalue weighted by molar-refractivity contribution is 0.340. The van der Waals surface area contributed by atoms with Gasteiger partial charge >= 0.3 is 7.80 Å². The lowest BCUT2D eigenvalue weighted by Gasteiger charge is -2.02. The zero-order chi connectivity index (χ0) is 14.4. The Labute approximate surface area is 120 Å². The van der Waals surface area contributed by atoms with E-state index in [1.165, 1.54) is 0 Å². The summed E-state index contributed by atoms with van der Waals surface area (Å²) in [6, 6.07) is 14.8. The molecular formula is C16H18O3P+. The number of ether oxygens (including phenoxy) is 2. The summed E-state index contributed by atoms with van der Waals surface area (Å²) >= 11 is 0. The van der Waals surface area contributed by atoms with Gasteiger partial charge in [0.1, 0.15) is 11.5 Å². The highest BCUT2D eigenvalue weighted by Crippen LogP contribution is 2.24. The van der Waals surface area contributed by atoms with Crippen molar-refractivity contribution in [3.63, 3.8) is 0 Å². The molecule has 104 valence electrons. The molecule has 20 heavy (non-hydrogen) atoms. The fraction of sp³-hybridized carbons (Fsp3) is 0.250. The second kappa shape index (κ2) is 7.06. The molecule has 0 N–H and O–H groups in total. The van der Waals surface area contributed by atoms with Crippen LogP contribution in [-0.2, 0) is 4.57 Å². The molecule has 2 aromatic rings. The van der Waals surface area contributed by atoms with E-state index in [4.69, 9.17) is 9.47 Å². The van der Waals surface area contributed by atoms with Gasteiger partial charge in [0, 0.05) is 12.1 Å². The summed E-state index contributed by atoms with van der Waals surface area (Å²) in [4.78, 5) is 0. The van der Waals surface area contributed by atoms with Crippen molar-refractivity contribution in [1.29, 1.82) is 0 Å². The normalized spacial score (nSPS) is 10.1. The van der Waals surface area contributed by atoms with E-state index in [1.807, 2.05) is 62.4 Å². The Morgan fingerprint density at radius 1 is 0.850 bits per heavy atom. The molecule has 0 aromatic heterocycles. The Morgan fingerprint density at radius 3 is 1.70 bits per heavy atom. The lowest BCUT2D eigenvalue weighted by Crippen LogP contribution is -2.08. The average Bonchev–Trinajstić information content (AvgIpc) is 2.48. The molecular weight excluding hydrogens is 271 g/mol. The molecule has 0 aliphatic rings. The van der Waals surface area contributed by atoms with Crippen LogP contribution in [0.15, 0.2) is 48.5 Å². The molecule has 0 unspecified atom stereocenters. The predicted octanol–water partition coefficient (Wildman–Crippen LogP) is 3.26. The largest absolute Gasteiger partial charge is 0.494 e. The third kappa shape index (κ3) is 3.58. The van der Waals surface area contributed by atoms with Crippen LogP contribution in [0.5, 0.6) is 11.5 Å². The maximum absolute atomic E-state index is 12.6. The van der Waals surface area contributed by atoms with Crippen LogP contribution in [0.4, 0.5) is 0 Å². The standard InChI is InChI=1S/C16H18O3P/c1-3-18-13-7-5-9-15(11-13)20(17)16-10-6-8-14(12-16)19-4-2/h5-12H,3-4H2,1-2H3/q+1. The number of rotatable bonds is 6. The summed E-state index contributed by atoms with van der Waals surface area (Å²) in [5, 5.41) is 1.53. The van der Waals surface area contributed by atoms with Crippen molar-refractivity contribution in [2.45, 2.75) is 13.8 Å². The molecule has 4 heteroatoms. The quantitative estimate of drug-likeness (QED) is 0.766. The van der Waals surface area contributed by atoms with Gasteiger partial charge in [-0.05, 0) is 38.1 Å². The lowest BCUT2D eigenvalue weighted by atomic mass is 10.3. The summed E-state index contributed by atoms with van der Waals surface area (Å²) in [6.07, 6.45) is 0. The molecule has 2 aromatic carbocycles. The Morgan fingerprint density at radius 2 is 1.30 bits per heavy atom.